The summed E-state index contributed by atoms with van der Waals surface area (Å²) >= 11 is 13.8. The molecule has 1 aliphatic rings. The van der Waals surface area contributed by atoms with Crippen molar-refractivity contribution in [1.82, 2.24) is 4.98 Å². The summed E-state index contributed by atoms with van der Waals surface area (Å²) in [5, 5.41) is 1.60. The molecule has 8 heteroatoms. The van der Waals surface area contributed by atoms with Gasteiger partial charge in [-0.25, -0.2) is 4.99 Å². The number of thioether (sulfide) groups is 1. The minimum atomic E-state index is -0.158. The Morgan fingerprint density at radius 2 is 1.67 bits per heavy atom. The number of carbonyl (C=O) groups is 1. The average molecular weight is 532 g/mol. The van der Waals surface area contributed by atoms with Crippen LogP contribution in [0.4, 0.5) is 11.4 Å². The molecule has 0 aliphatic carbocycles. The molecule has 0 unspecified atom stereocenters. The highest BCUT2D eigenvalue weighted by molar-refractivity contribution is 8.19. The van der Waals surface area contributed by atoms with Crippen LogP contribution in [0.25, 0.3) is 6.08 Å². The minimum absolute atomic E-state index is 0.158. The number of aliphatic imine (C=N–C) groups is 1. The SMILES string of the molecule is O=C1/C(=C/c2ccc(OCc3ccccc3Cl)cc2)SC(=Nc2ccncc2Cl)N1c1ccccc1. The Balaban J connectivity index is 1.39. The van der Waals surface area contributed by atoms with Gasteiger partial charge in [0.25, 0.3) is 5.91 Å². The lowest BCUT2D eigenvalue weighted by Crippen LogP contribution is -2.28. The number of pyridine rings is 1. The monoisotopic (exact) mass is 531 g/mol. The molecule has 1 aliphatic heterocycles. The molecule has 0 radical (unpaired) electrons. The van der Waals surface area contributed by atoms with Gasteiger partial charge in [0.05, 0.1) is 21.3 Å². The van der Waals surface area contributed by atoms with Gasteiger partial charge < -0.3 is 4.74 Å². The van der Waals surface area contributed by atoms with E-state index < -0.39 is 0 Å². The van der Waals surface area contributed by atoms with E-state index in [2.05, 4.69) is 9.98 Å². The number of benzene rings is 3. The van der Waals surface area contributed by atoms with Gasteiger partial charge in [-0.15, -0.1) is 0 Å². The third kappa shape index (κ3) is 5.46. The van der Waals surface area contributed by atoms with E-state index in [9.17, 15) is 4.79 Å². The van der Waals surface area contributed by atoms with Gasteiger partial charge in [0.15, 0.2) is 5.17 Å². The summed E-state index contributed by atoms with van der Waals surface area (Å²) in [6, 6.07) is 26.3. The maximum Gasteiger partial charge on any atom is 0.271 e. The average Bonchev–Trinajstić information content (AvgIpc) is 3.20. The standard InChI is InChI=1S/C28H19Cl2N3O2S/c29-23-9-5-4-6-20(23)18-35-22-12-10-19(11-13-22)16-26-27(34)33(21-7-2-1-3-8-21)28(36-26)32-25-14-15-31-17-24(25)30/h1-17H,18H2/b26-16-,32-28?. The van der Waals surface area contributed by atoms with E-state index in [-0.39, 0.29) is 5.91 Å². The van der Waals surface area contributed by atoms with Crippen LogP contribution in [0.3, 0.4) is 0 Å². The number of hydrogen-bond donors (Lipinski definition) is 0. The van der Waals surface area contributed by atoms with E-state index in [0.717, 1.165) is 16.8 Å². The molecule has 0 spiro atoms. The molecule has 0 atom stereocenters. The third-order valence-corrected chi connectivity index (χ3v) is 6.95. The second kappa shape index (κ2) is 11.0. The molecule has 0 saturated carbocycles. The lowest BCUT2D eigenvalue weighted by molar-refractivity contribution is -0.113. The van der Waals surface area contributed by atoms with Gasteiger partial charge >= 0.3 is 0 Å². The van der Waals surface area contributed by atoms with E-state index in [1.165, 1.54) is 18.0 Å². The smallest absolute Gasteiger partial charge is 0.271 e. The predicted octanol–water partition coefficient (Wildman–Crippen LogP) is 7.78. The molecular formula is C28H19Cl2N3O2S. The van der Waals surface area contributed by atoms with Crippen LogP contribution in [-0.4, -0.2) is 16.1 Å². The van der Waals surface area contributed by atoms with Gasteiger partial charge in [-0.2, -0.15) is 0 Å². The first kappa shape index (κ1) is 24.1. The van der Waals surface area contributed by atoms with Crippen molar-refractivity contribution in [3.63, 3.8) is 0 Å². The first-order valence-corrected chi connectivity index (χ1v) is 12.6. The van der Waals surface area contributed by atoms with Crippen molar-refractivity contribution in [1.29, 1.82) is 0 Å². The molecule has 5 nitrogen and oxygen atoms in total. The van der Waals surface area contributed by atoms with Gasteiger partial charge in [-0.05, 0) is 59.8 Å². The molecule has 4 aromatic rings. The fourth-order valence-corrected chi connectivity index (χ4v) is 4.85. The van der Waals surface area contributed by atoms with Crippen LogP contribution >= 0.6 is 35.0 Å². The Hall–Kier alpha value is -3.58. The van der Waals surface area contributed by atoms with Crippen molar-refractivity contribution >= 4 is 63.5 Å². The summed E-state index contributed by atoms with van der Waals surface area (Å²) in [5.74, 6) is 0.553. The highest BCUT2D eigenvalue weighted by atomic mass is 35.5. The highest BCUT2D eigenvalue weighted by Crippen LogP contribution is 2.38. The van der Waals surface area contributed by atoms with E-state index in [4.69, 9.17) is 27.9 Å². The summed E-state index contributed by atoms with van der Waals surface area (Å²) in [5.41, 5.74) is 3.06. The normalized spacial score (nSPS) is 15.6. The largest absolute Gasteiger partial charge is 0.489 e. The number of amides is 1. The number of para-hydroxylation sites is 1. The van der Waals surface area contributed by atoms with Crippen LogP contribution in [0.2, 0.25) is 10.0 Å². The topological polar surface area (TPSA) is 54.8 Å². The molecule has 1 saturated heterocycles. The maximum atomic E-state index is 13.4. The molecule has 3 aromatic carbocycles. The highest BCUT2D eigenvalue weighted by Gasteiger charge is 2.34. The van der Waals surface area contributed by atoms with Crippen molar-refractivity contribution in [3.8, 4) is 5.75 Å². The predicted molar refractivity (Wildman–Crippen MR) is 148 cm³/mol. The molecule has 2 heterocycles. The summed E-state index contributed by atoms with van der Waals surface area (Å²) in [4.78, 5) is 24.2. The van der Waals surface area contributed by atoms with Gasteiger partial charge in [0.2, 0.25) is 0 Å². The van der Waals surface area contributed by atoms with Gasteiger partial charge in [0.1, 0.15) is 12.4 Å². The van der Waals surface area contributed by atoms with E-state index in [0.29, 0.717) is 38.2 Å². The number of amidine groups is 1. The lowest BCUT2D eigenvalue weighted by atomic mass is 10.2. The molecule has 1 aromatic heterocycles. The molecule has 1 fully saturated rings. The second-order valence-corrected chi connectivity index (χ2v) is 9.58. The van der Waals surface area contributed by atoms with Crippen molar-refractivity contribution in [2.75, 3.05) is 4.90 Å². The van der Waals surface area contributed by atoms with Crippen LogP contribution in [0.1, 0.15) is 11.1 Å². The molecular weight excluding hydrogens is 513 g/mol. The number of rotatable bonds is 6. The van der Waals surface area contributed by atoms with Gasteiger partial charge in [-0.3, -0.25) is 14.7 Å². The van der Waals surface area contributed by atoms with E-state index in [1.54, 1.807) is 17.2 Å². The Kier molecular flexibility index (Phi) is 7.37. The number of ether oxygens (including phenoxy) is 1. The number of halogens is 2. The fourth-order valence-electron chi connectivity index (χ4n) is 3.50. The molecule has 0 bridgehead atoms. The summed E-state index contributed by atoms with van der Waals surface area (Å²) in [6.45, 7) is 0.373. The van der Waals surface area contributed by atoms with Crippen molar-refractivity contribution in [3.05, 3.63) is 123 Å². The molecule has 178 valence electrons. The molecule has 36 heavy (non-hydrogen) atoms. The Bertz CT molecular complexity index is 1460. The molecule has 0 N–H and O–H groups in total. The third-order valence-electron chi connectivity index (χ3n) is 5.32. The first-order chi connectivity index (χ1) is 17.6. The number of anilines is 1. The molecule has 5 rings (SSSR count). The van der Waals surface area contributed by atoms with Crippen LogP contribution in [0.15, 0.2) is 107 Å². The van der Waals surface area contributed by atoms with Crippen molar-refractivity contribution in [2.45, 2.75) is 6.61 Å². The Morgan fingerprint density at radius 3 is 2.42 bits per heavy atom. The van der Waals surface area contributed by atoms with Crippen molar-refractivity contribution in [2.24, 2.45) is 4.99 Å². The van der Waals surface area contributed by atoms with Gasteiger partial charge in [-0.1, -0.05) is 71.7 Å². The maximum absolute atomic E-state index is 13.4. The summed E-state index contributed by atoms with van der Waals surface area (Å²) < 4.78 is 5.87. The van der Waals surface area contributed by atoms with E-state index >= 15 is 0 Å². The number of hydrogen-bond acceptors (Lipinski definition) is 5. The minimum Gasteiger partial charge on any atom is -0.489 e. The van der Waals surface area contributed by atoms with Crippen molar-refractivity contribution < 1.29 is 9.53 Å². The summed E-state index contributed by atoms with van der Waals surface area (Å²) in [6.07, 6.45) is 4.99. The number of aromatic nitrogens is 1. The molecule has 1 amide bonds. The van der Waals surface area contributed by atoms with Gasteiger partial charge in [0, 0.05) is 23.0 Å². The lowest BCUT2D eigenvalue weighted by Gasteiger charge is -2.15. The second-order valence-electron chi connectivity index (χ2n) is 7.76. The number of nitrogens with zero attached hydrogens (tertiary/aromatic N) is 3. The zero-order valence-electron chi connectivity index (χ0n) is 18.8. The van der Waals surface area contributed by atoms with Crippen LogP contribution in [0, 0.1) is 0 Å². The van der Waals surface area contributed by atoms with E-state index in [1.807, 2.05) is 84.9 Å². The first-order valence-electron chi connectivity index (χ1n) is 11.0. The number of carbonyl (C=O) groups excluding carboxylic acids is 1. The van der Waals surface area contributed by atoms with Crippen LogP contribution < -0.4 is 9.64 Å². The fraction of sp³-hybridized carbons (Fsp3) is 0.0357. The van der Waals surface area contributed by atoms with Crippen LogP contribution in [-0.2, 0) is 11.4 Å². The quantitative estimate of drug-likeness (QED) is 0.238. The zero-order valence-corrected chi connectivity index (χ0v) is 21.2. The zero-order chi connectivity index (χ0) is 24.9. The van der Waals surface area contributed by atoms with Crippen LogP contribution in [0.5, 0.6) is 5.75 Å². The summed E-state index contributed by atoms with van der Waals surface area (Å²) in [7, 11) is 0. The Morgan fingerprint density at radius 1 is 0.917 bits per heavy atom. The Labute approximate surface area is 223 Å².